The second-order valence-corrected chi connectivity index (χ2v) is 5.39. The Balaban J connectivity index is 2.26. The van der Waals surface area contributed by atoms with Crippen LogP contribution in [0.3, 0.4) is 0 Å². The van der Waals surface area contributed by atoms with E-state index >= 15 is 0 Å². The lowest BCUT2D eigenvalue weighted by Gasteiger charge is -2.12. The van der Waals surface area contributed by atoms with Crippen LogP contribution in [0.1, 0.15) is 20.7 Å². The number of carbonyl (C=O) groups is 2. The zero-order valence-corrected chi connectivity index (χ0v) is 14.0. The minimum absolute atomic E-state index is 0.245. The van der Waals surface area contributed by atoms with E-state index < -0.39 is 0 Å². The first-order chi connectivity index (χ1) is 11.0. The second-order valence-electron chi connectivity index (χ2n) is 4.58. The van der Waals surface area contributed by atoms with E-state index in [0.717, 1.165) is 0 Å². The molecule has 23 heavy (non-hydrogen) atoms. The number of hydrogen-bond acceptors (Lipinski definition) is 3. The molecule has 0 aromatic heterocycles. The van der Waals surface area contributed by atoms with Crippen molar-refractivity contribution in [1.29, 1.82) is 0 Å². The number of hydrogen-bond donors (Lipinski definition) is 2. The van der Waals surface area contributed by atoms with Crippen LogP contribution in [0.2, 0.25) is 10.0 Å². The van der Waals surface area contributed by atoms with Crippen LogP contribution < -0.4 is 15.4 Å². The summed E-state index contributed by atoms with van der Waals surface area (Å²) >= 11 is 11.7. The third-order valence-corrected chi connectivity index (χ3v) is 3.86. The van der Waals surface area contributed by atoms with Crippen molar-refractivity contribution in [2.45, 2.75) is 0 Å². The van der Waals surface area contributed by atoms with Gasteiger partial charge in [-0.05, 0) is 36.4 Å². The fourth-order valence-corrected chi connectivity index (χ4v) is 2.21. The molecule has 0 saturated carbocycles. The molecule has 2 amide bonds. The first-order valence-electron chi connectivity index (χ1n) is 6.62. The molecule has 0 spiro atoms. The molecule has 0 radical (unpaired) electrons. The van der Waals surface area contributed by atoms with Gasteiger partial charge in [0.1, 0.15) is 5.75 Å². The summed E-state index contributed by atoms with van der Waals surface area (Å²) in [6, 6.07) is 9.32. The minimum atomic E-state index is -0.366. The Kier molecular flexibility index (Phi) is 5.47. The average Bonchev–Trinajstić information content (AvgIpc) is 2.56. The van der Waals surface area contributed by atoms with Crippen LogP contribution >= 0.6 is 23.2 Å². The molecule has 0 saturated heterocycles. The Morgan fingerprint density at radius 2 is 1.61 bits per heavy atom. The van der Waals surface area contributed by atoms with Crippen molar-refractivity contribution >= 4 is 40.7 Å². The fraction of sp³-hybridized carbons (Fsp3) is 0.125. The molecule has 0 aliphatic rings. The number of anilines is 1. The number of methoxy groups -OCH3 is 1. The van der Waals surface area contributed by atoms with Crippen LogP contribution in [0, 0.1) is 0 Å². The number of ether oxygens (including phenoxy) is 1. The van der Waals surface area contributed by atoms with Crippen molar-refractivity contribution in [3.8, 4) is 5.75 Å². The van der Waals surface area contributed by atoms with E-state index in [1.54, 1.807) is 30.3 Å². The highest BCUT2D eigenvalue weighted by atomic mass is 35.5. The number of carbonyl (C=O) groups excluding carboxylic acids is 2. The molecule has 120 valence electrons. The van der Waals surface area contributed by atoms with Crippen LogP contribution in [-0.2, 0) is 0 Å². The molecule has 5 nitrogen and oxygen atoms in total. The molecule has 0 aliphatic heterocycles. The van der Waals surface area contributed by atoms with Crippen molar-refractivity contribution in [2.75, 3.05) is 19.5 Å². The highest BCUT2D eigenvalue weighted by molar-refractivity contribution is 6.42. The first kappa shape index (κ1) is 17.1. The summed E-state index contributed by atoms with van der Waals surface area (Å²) in [5, 5.41) is 5.90. The predicted octanol–water partition coefficient (Wildman–Crippen LogP) is 3.61. The molecule has 0 unspecified atom stereocenters. The zero-order valence-electron chi connectivity index (χ0n) is 12.4. The van der Waals surface area contributed by atoms with Crippen molar-refractivity contribution in [2.24, 2.45) is 0 Å². The molecule has 0 atom stereocenters. The van der Waals surface area contributed by atoms with Gasteiger partial charge in [-0.25, -0.2) is 0 Å². The Morgan fingerprint density at radius 3 is 2.22 bits per heavy atom. The van der Waals surface area contributed by atoms with E-state index in [2.05, 4.69) is 10.6 Å². The van der Waals surface area contributed by atoms with Gasteiger partial charge in [0.15, 0.2) is 0 Å². The van der Waals surface area contributed by atoms with Crippen molar-refractivity contribution in [3.63, 3.8) is 0 Å². The van der Waals surface area contributed by atoms with Gasteiger partial charge in [-0.1, -0.05) is 23.2 Å². The van der Waals surface area contributed by atoms with Crippen LogP contribution in [0.15, 0.2) is 36.4 Å². The summed E-state index contributed by atoms with van der Waals surface area (Å²) in [4.78, 5) is 23.9. The molecule has 0 heterocycles. The molecule has 2 aromatic rings. The summed E-state index contributed by atoms with van der Waals surface area (Å²) in [7, 11) is 2.99. The van der Waals surface area contributed by atoms with Gasteiger partial charge in [0.2, 0.25) is 0 Å². The van der Waals surface area contributed by atoms with Gasteiger partial charge in [-0.3, -0.25) is 9.59 Å². The smallest absolute Gasteiger partial charge is 0.255 e. The Labute approximate surface area is 143 Å². The van der Waals surface area contributed by atoms with Crippen LogP contribution in [0.5, 0.6) is 5.75 Å². The molecule has 0 fully saturated rings. The summed E-state index contributed by atoms with van der Waals surface area (Å²) in [5.41, 5.74) is 1.23. The lowest BCUT2D eigenvalue weighted by Crippen LogP contribution is -2.18. The number of nitrogens with one attached hydrogen (secondary N) is 2. The largest absolute Gasteiger partial charge is 0.495 e. The standard InChI is InChI=1S/C16H14Cl2N2O3/c1-19-15(21)10-4-6-13(14(8-10)23-2)20-16(22)9-3-5-11(17)12(18)7-9/h3-8H,1-2H3,(H,19,21)(H,20,22). The number of halogens is 2. The summed E-state index contributed by atoms with van der Waals surface area (Å²) in [5.74, 6) is -0.236. The maximum absolute atomic E-state index is 12.3. The monoisotopic (exact) mass is 352 g/mol. The van der Waals surface area contributed by atoms with E-state index in [0.29, 0.717) is 32.6 Å². The van der Waals surface area contributed by atoms with E-state index in [-0.39, 0.29) is 11.8 Å². The van der Waals surface area contributed by atoms with Gasteiger partial charge in [-0.15, -0.1) is 0 Å². The van der Waals surface area contributed by atoms with Gasteiger partial charge < -0.3 is 15.4 Å². The number of benzene rings is 2. The summed E-state index contributed by atoms with van der Waals surface area (Å²) in [6.07, 6.45) is 0. The molecular weight excluding hydrogens is 339 g/mol. The molecular formula is C16H14Cl2N2O3. The summed E-state index contributed by atoms with van der Waals surface area (Å²) in [6.45, 7) is 0. The van der Waals surface area contributed by atoms with Gasteiger partial charge in [0, 0.05) is 18.2 Å². The average molecular weight is 353 g/mol. The lowest BCUT2D eigenvalue weighted by atomic mass is 10.1. The maximum atomic E-state index is 12.3. The van der Waals surface area contributed by atoms with Crippen LogP contribution in [0.25, 0.3) is 0 Å². The van der Waals surface area contributed by atoms with Crippen molar-refractivity contribution in [1.82, 2.24) is 5.32 Å². The molecule has 2 N–H and O–H groups in total. The third kappa shape index (κ3) is 3.94. The van der Waals surface area contributed by atoms with Crippen LogP contribution in [-0.4, -0.2) is 26.0 Å². The third-order valence-electron chi connectivity index (χ3n) is 3.12. The normalized spacial score (nSPS) is 10.1. The van der Waals surface area contributed by atoms with Gasteiger partial charge in [0.05, 0.1) is 22.8 Å². The Bertz CT molecular complexity index is 763. The van der Waals surface area contributed by atoms with Gasteiger partial charge in [0.25, 0.3) is 11.8 Å². The van der Waals surface area contributed by atoms with E-state index in [9.17, 15) is 9.59 Å². The van der Waals surface area contributed by atoms with E-state index in [4.69, 9.17) is 27.9 Å². The van der Waals surface area contributed by atoms with Crippen molar-refractivity contribution < 1.29 is 14.3 Å². The quantitative estimate of drug-likeness (QED) is 0.882. The highest BCUT2D eigenvalue weighted by Crippen LogP contribution is 2.27. The topological polar surface area (TPSA) is 67.4 Å². The van der Waals surface area contributed by atoms with Crippen LogP contribution in [0.4, 0.5) is 5.69 Å². The zero-order chi connectivity index (χ0) is 17.0. The predicted molar refractivity (Wildman–Crippen MR) is 90.8 cm³/mol. The Hall–Kier alpha value is -2.24. The molecule has 0 aliphatic carbocycles. The van der Waals surface area contributed by atoms with E-state index in [1.807, 2.05) is 0 Å². The molecule has 0 bridgehead atoms. The molecule has 7 heteroatoms. The first-order valence-corrected chi connectivity index (χ1v) is 7.38. The van der Waals surface area contributed by atoms with Gasteiger partial charge in [-0.2, -0.15) is 0 Å². The molecule has 2 aromatic carbocycles. The number of rotatable bonds is 4. The Morgan fingerprint density at radius 1 is 0.957 bits per heavy atom. The lowest BCUT2D eigenvalue weighted by molar-refractivity contribution is 0.0962. The molecule has 2 rings (SSSR count). The highest BCUT2D eigenvalue weighted by Gasteiger charge is 2.13. The maximum Gasteiger partial charge on any atom is 0.255 e. The minimum Gasteiger partial charge on any atom is -0.495 e. The second kappa shape index (κ2) is 7.35. The summed E-state index contributed by atoms with van der Waals surface area (Å²) < 4.78 is 5.22. The van der Waals surface area contributed by atoms with Gasteiger partial charge >= 0.3 is 0 Å². The fourth-order valence-electron chi connectivity index (χ4n) is 1.91. The number of amides is 2. The van der Waals surface area contributed by atoms with E-state index in [1.165, 1.54) is 20.2 Å². The SMILES string of the molecule is CNC(=O)c1ccc(NC(=O)c2ccc(Cl)c(Cl)c2)c(OC)c1. The van der Waals surface area contributed by atoms with Crippen molar-refractivity contribution in [3.05, 3.63) is 57.6 Å².